The van der Waals surface area contributed by atoms with Gasteiger partial charge in [-0.25, -0.2) is 0 Å². The average molecular weight is 498 g/mol. The number of halogens is 3. The van der Waals surface area contributed by atoms with Gasteiger partial charge in [-0.15, -0.1) is 11.3 Å². The Bertz CT molecular complexity index is 674. The second kappa shape index (κ2) is 6.58. The molecule has 1 aromatic heterocycles. The van der Waals surface area contributed by atoms with Crippen LogP contribution < -0.4 is 14.8 Å². The maximum absolute atomic E-state index is 5.69. The quantitative estimate of drug-likeness (QED) is 0.639. The molecule has 0 saturated carbocycles. The van der Waals surface area contributed by atoms with Crippen LogP contribution in [0.25, 0.3) is 0 Å². The first-order valence-corrected chi connectivity index (χ1v) is 9.50. The molecule has 0 fully saturated rings. The molecule has 3 nitrogen and oxygen atoms in total. The highest BCUT2D eigenvalue weighted by molar-refractivity contribution is 9.12. The largest absolute Gasteiger partial charge is 0.486 e. The number of thiophene rings is 1. The fraction of sp³-hybridized carbons (Fsp3) is 0.286. The number of hydrogen-bond donors (Lipinski definition) is 1. The molecule has 0 radical (unpaired) electrons. The molecule has 2 heterocycles. The van der Waals surface area contributed by atoms with E-state index in [1.807, 2.05) is 19.2 Å². The molecule has 0 bridgehead atoms. The van der Waals surface area contributed by atoms with Crippen LogP contribution in [0.3, 0.4) is 0 Å². The van der Waals surface area contributed by atoms with E-state index in [1.54, 1.807) is 11.3 Å². The Hall–Kier alpha value is -0.0800. The van der Waals surface area contributed by atoms with Crippen LogP contribution in [0.2, 0.25) is 0 Å². The highest BCUT2D eigenvalue weighted by Crippen LogP contribution is 2.43. The summed E-state index contributed by atoms with van der Waals surface area (Å²) >= 11 is 12.5. The van der Waals surface area contributed by atoms with E-state index in [0.29, 0.717) is 13.2 Å². The molecule has 1 N–H and O–H groups in total. The van der Waals surface area contributed by atoms with Gasteiger partial charge in [0.05, 0.1) is 13.6 Å². The molecule has 3 rings (SSSR count). The summed E-state index contributed by atoms with van der Waals surface area (Å²) in [5.41, 5.74) is 2.31. The van der Waals surface area contributed by atoms with Crippen LogP contribution >= 0.6 is 59.1 Å². The Morgan fingerprint density at radius 2 is 1.71 bits per heavy atom. The molecule has 112 valence electrons. The normalized spacial score (nSPS) is 15.0. The van der Waals surface area contributed by atoms with Gasteiger partial charge < -0.3 is 14.8 Å². The van der Waals surface area contributed by atoms with Gasteiger partial charge in [-0.1, -0.05) is 15.9 Å². The zero-order valence-corrected chi connectivity index (χ0v) is 16.7. The van der Waals surface area contributed by atoms with E-state index in [2.05, 4.69) is 59.2 Å². The van der Waals surface area contributed by atoms with Crippen molar-refractivity contribution in [2.24, 2.45) is 0 Å². The van der Waals surface area contributed by atoms with Gasteiger partial charge in [0.25, 0.3) is 0 Å². The van der Waals surface area contributed by atoms with Gasteiger partial charge in [-0.2, -0.15) is 0 Å². The van der Waals surface area contributed by atoms with Crippen molar-refractivity contribution < 1.29 is 9.47 Å². The minimum atomic E-state index is 0.0622. The third kappa shape index (κ3) is 3.17. The van der Waals surface area contributed by atoms with Crippen LogP contribution in [-0.4, -0.2) is 20.3 Å². The van der Waals surface area contributed by atoms with Crippen molar-refractivity contribution >= 4 is 59.1 Å². The first-order valence-electron chi connectivity index (χ1n) is 6.31. The molecular formula is C14H12Br3NO2S. The van der Waals surface area contributed by atoms with Gasteiger partial charge in [-0.3, -0.25) is 0 Å². The summed E-state index contributed by atoms with van der Waals surface area (Å²) in [7, 11) is 1.95. The highest BCUT2D eigenvalue weighted by Gasteiger charge is 2.23. The fourth-order valence-corrected chi connectivity index (χ4v) is 5.78. The smallest absolute Gasteiger partial charge is 0.162 e. The molecule has 0 aliphatic carbocycles. The van der Waals surface area contributed by atoms with E-state index < -0.39 is 0 Å². The van der Waals surface area contributed by atoms with E-state index in [1.165, 1.54) is 5.56 Å². The maximum Gasteiger partial charge on any atom is 0.162 e. The summed E-state index contributed by atoms with van der Waals surface area (Å²) in [5.74, 6) is 1.59. The van der Waals surface area contributed by atoms with Crippen molar-refractivity contribution in [3.8, 4) is 11.5 Å². The fourth-order valence-electron chi connectivity index (χ4n) is 2.33. The summed E-state index contributed by atoms with van der Waals surface area (Å²) < 4.78 is 14.5. The van der Waals surface area contributed by atoms with Gasteiger partial charge in [0.15, 0.2) is 11.5 Å². The first-order chi connectivity index (χ1) is 10.1. The third-order valence-corrected chi connectivity index (χ3v) is 6.33. The molecule has 21 heavy (non-hydrogen) atoms. The average Bonchev–Trinajstić information content (AvgIpc) is 2.79. The minimum absolute atomic E-state index is 0.0622. The Morgan fingerprint density at radius 1 is 1.05 bits per heavy atom. The third-order valence-electron chi connectivity index (χ3n) is 3.26. The van der Waals surface area contributed by atoms with Crippen LogP contribution in [0.4, 0.5) is 0 Å². The van der Waals surface area contributed by atoms with Crippen molar-refractivity contribution in [1.82, 2.24) is 5.32 Å². The Labute approximate surface area is 152 Å². The molecule has 0 saturated heterocycles. The van der Waals surface area contributed by atoms with Crippen LogP contribution in [0.1, 0.15) is 17.2 Å². The molecule has 1 aromatic carbocycles. The first kappa shape index (κ1) is 15.8. The lowest BCUT2D eigenvalue weighted by molar-refractivity contribution is 0.171. The molecule has 2 aromatic rings. The molecule has 1 aliphatic heterocycles. The van der Waals surface area contributed by atoms with E-state index in [-0.39, 0.29) is 6.04 Å². The van der Waals surface area contributed by atoms with Crippen molar-refractivity contribution in [3.05, 3.63) is 41.4 Å². The van der Waals surface area contributed by atoms with Crippen LogP contribution in [0, 0.1) is 0 Å². The zero-order valence-electron chi connectivity index (χ0n) is 11.1. The van der Waals surface area contributed by atoms with E-state index in [9.17, 15) is 0 Å². The predicted octanol–water partition coefficient (Wildman–Crippen LogP) is 5.12. The Morgan fingerprint density at radius 3 is 2.29 bits per heavy atom. The molecule has 1 aliphatic rings. The molecule has 1 atom stereocenters. The zero-order chi connectivity index (χ0) is 15.0. The number of nitrogens with one attached hydrogen (secondary N) is 1. The topological polar surface area (TPSA) is 30.5 Å². The van der Waals surface area contributed by atoms with Gasteiger partial charge in [-0.05, 0) is 68.2 Å². The SMILES string of the molecule is CNC(c1cc2c(cc1Br)OCCO2)c1cc(Br)sc1Br. The van der Waals surface area contributed by atoms with Crippen molar-refractivity contribution in [3.63, 3.8) is 0 Å². The van der Waals surface area contributed by atoms with Crippen LogP contribution in [0.5, 0.6) is 11.5 Å². The Balaban J connectivity index is 2.06. The second-order valence-electron chi connectivity index (χ2n) is 4.52. The van der Waals surface area contributed by atoms with Gasteiger partial charge in [0.2, 0.25) is 0 Å². The van der Waals surface area contributed by atoms with Crippen molar-refractivity contribution in [2.45, 2.75) is 6.04 Å². The molecule has 7 heteroatoms. The van der Waals surface area contributed by atoms with Crippen LogP contribution in [0.15, 0.2) is 30.2 Å². The van der Waals surface area contributed by atoms with Gasteiger partial charge >= 0.3 is 0 Å². The molecule has 1 unspecified atom stereocenters. The summed E-state index contributed by atoms with van der Waals surface area (Å²) in [4.78, 5) is 0. The number of fused-ring (bicyclic) bond motifs is 1. The summed E-state index contributed by atoms with van der Waals surface area (Å²) in [6.07, 6.45) is 0. The Kier molecular flexibility index (Phi) is 4.95. The predicted molar refractivity (Wildman–Crippen MR) is 95.8 cm³/mol. The highest BCUT2D eigenvalue weighted by atomic mass is 79.9. The van der Waals surface area contributed by atoms with Gasteiger partial charge in [0, 0.05) is 4.47 Å². The van der Waals surface area contributed by atoms with E-state index in [4.69, 9.17) is 9.47 Å². The monoisotopic (exact) mass is 495 g/mol. The standard InChI is InChI=1S/C14H12Br3NO2S/c1-18-13(8-5-12(16)21-14(8)17)7-4-10-11(6-9(7)15)20-3-2-19-10/h4-6,13,18H,2-3H2,1H3. The number of rotatable bonds is 3. The molecule has 0 amide bonds. The van der Waals surface area contributed by atoms with E-state index >= 15 is 0 Å². The summed E-state index contributed by atoms with van der Waals surface area (Å²) in [6.45, 7) is 1.18. The maximum atomic E-state index is 5.69. The van der Waals surface area contributed by atoms with Gasteiger partial charge in [0.1, 0.15) is 13.2 Å². The summed E-state index contributed by atoms with van der Waals surface area (Å²) in [5, 5.41) is 3.37. The lowest BCUT2D eigenvalue weighted by Crippen LogP contribution is -2.20. The van der Waals surface area contributed by atoms with E-state index in [0.717, 1.165) is 29.1 Å². The summed E-state index contributed by atoms with van der Waals surface area (Å²) in [6, 6.07) is 6.20. The van der Waals surface area contributed by atoms with Crippen molar-refractivity contribution in [1.29, 1.82) is 0 Å². The lowest BCUT2D eigenvalue weighted by atomic mass is 10.0. The number of benzene rings is 1. The molecule has 0 spiro atoms. The second-order valence-corrected chi connectivity index (χ2v) is 9.12. The van der Waals surface area contributed by atoms with Crippen molar-refractivity contribution in [2.75, 3.05) is 20.3 Å². The molecular weight excluding hydrogens is 486 g/mol. The lowest BCUT2D eigenvalue weighted by Gasteiger charge is -2.23. The minimum Gasteiger partial charge on any atom is -0.486 e. The number of hydrogen-bond acceptors (Lipinski definition) is 4. The number of ether oxygens (including phenoxy) is 2. The van der Waals surface area contributed by atoms with Crippen LogP contribution in [-0.2, 0) is 0 Å².